The summed E-state index contributed by atoms with van der Waals surface area (Å²) in [6, 6.07) is 0. The van der Waals surface area contributed by atoms with Gasteiger partial charge in [-0.05, 0) is 6.42 Å². The number of rotatable bonds is 13. The van der Waals surface area contributed by atoms with Crippen molar-refractivity contribution in [3.05, 3.63) is 12.7 Å². The zero-order chi connectivity index (χ0) is 16.2. The highest BCUT2D eigenvalue weighted by atomic mass is 16.5. The van der Waals surface area contributed by atoms with Gasteiger partial charge in [-0.15, -0.1) is 0 Å². The highest BCUT2D eigenvalue weighted by Crippen LogP contribution is 2.11. The molecule has 126 valence electrons. The summed E-state index contributed by atoms with van der Waals surface area (Å²) in [6.45, 7) is 10.4. The van der Waals surface area contributed by atoms with Gasteiger partial charge in [0, 0.05) is 6.08 Å². The minimum atomic E-state index is -0.304. The van der Waals surface area contributed by atoms with E-state index in [9.17, 15) is 4.79 Å². The van der Waals surface area contributed by atoms with Crippen LogP contribution in [0.25, 0.3) is 0 Å². The zero-order valence-electron chi connectivity index (χ0n) is 14.8. The first-order valence-corrected chi connectivity index (χ1v) is 9.02. The third kappa shape index (κ3) is 24.6. The molecule has 0 aromatic carbocycles. The summed E-state index contributed by atoms with van der Waals surface area (Å²) in [5.74, 6) is -0.304. The standard InChI is InChI=1S/C16H30O2.C3H8/c1-3-5-6-7-8-9-10-11-12-13-14-15-18-16(17)4-2;1-3-2/h4H,2-3,5-15H2,1H3;3H2,1-2H3. The van der Waals surface area contributed by atoms with E-state index in [-0.39, 0.29) is 5.97 Å². The van der Waals surface area contributed by atoms with Gasteiger partial charge in [-0.1, -0.05) is 98.0 Å². The van der Waals surface area contributed by atoms with Crippen LogP contribution in [0.3, 0.4) is 0 Å². The van der Waals surface area contributed by atoms with E-state index in [2.05, 4.69) is 27.4 Å². The molecule has 0 rings (SSSR count). The lowest BCUT2D eigenvalue weighted by atomic mass is 10.1. The van der Waals surface area contributed by atoms with E-state index >= 15 is 0 Å². The van der Waals surface area contributed by atoms with Crippen molar-refractivity contribution in [3.63, 3.8) is 0 Å². The highest BCUT2D eigenvalue weighted by Gasteiger charge is 1.95. The molecule has 0 aromatic rings. The van der Waals surface area contributed by atoms with E-state index in [1.807, 2.05) is 0 Å². The van der Waals surface area contributed by atoms with E-state index in [0.717, 1.165) is 6.42 Å². The Kier molecular flexibility index (Phi) is 23.0. The molecule has 0 heterocycles. The predicted octanol–water partition coefficient (Wildman–Crippen LogP) is 6.44. The van der Waals surface area contributed by atoms with Gasteiger partial charge in [-0.2, -0.15) is 0 Å². The maximum atomic E-state index is 10.8. The summed E-state index contributed by atoms with van der Waals surface area (Å²) < 4.78 is 4.92. The second-order valence-electron chi connectivity index (χ2n) is 5.61. The van der Waals surface area contributed by atoms with Crippen molar-refractivity contribution >= 4 is 5.97 Å². The summed E-state index contributed by atoms with van der Waals surface area (Å²) in [5, 5.41) is 0. The van der Waals surface area contributed by atoms with E-state index in [1.165, 1.54) is 76.7 Å². The molecule has 0 saturated carbocycles. The Labute approximate surface area is 133 Å². The third-order valence-corrected chi connectivity index (χ3v) is 3.16. The van der Waals surface area contributed by atoms with Gasteiger partial charge in [-0.3, -0.25) is 0 Å². The van der Waals surface area contributed by atoms with Crippen molar-refractivity contribution in [3.8, 4) is 0 Å². The predicted molar refractivity (Wildman–Crippen MR) is 93.6 cm³/mol. The maximum Gasteiger partial charge on any atom is 0.330 e. The first-order chi connectivity index (χ1) is 10.2. The lowest BCUT2D eigenvalue weighted by Crippen LogP contribution is -2.01. The lowest BCUT2D eigenvalue weighted by molar-refractivity contribution is -0.137. The Hall–Kier alpha value is -0.790. The van der Waals surface area contributed by atoms with E-state index < -0.39 is 0 Å². The molecule has 0 aliphatic heterocycles. The van der Waals surface area contributed by atoms with Crippen molar-refractivity contribution in [2.75, 3.05) is 6.61 Å². The average molecular weight is 299 g/mol. The van der Waals surface area contributed by atoms with Gasteiger partial charge in [-0.25, -0.2) is 4.79 Å². The summed E-state index contributed by atoms with van der Waals surface area (Å²) in [7, 11) is 0. The van der Waals surface area contributed by atoms with Crippen LogP contribution >= 0.6 is 0 Å². The summed E-state index contributed by atoms with van der Waals surface area (Å²) in [4.78, 5) is 10.8. The van der Waals surface area contributed by atoms with Crippen LogP contribution in [-0.2, 0) is 9.53 Å². The highest BCUT2D eigenvalue weighted by molar-refractivity contribution is 5.81. The number of hydrogen-bond acceptors (Lipinski definition) is 2. The molecule has 0 aliphatic carbocycles. The molecule has 0 atom stereocenters. The number of carbonyl (C=O) groups is 1. The zero-order valence-corrected chi connectivity index (χ0v) is 14.8. The minimum absolute atomic E-state index is 0.304. The Morgan fingerprint density at radius 3 is 1.57 bits per heavy atom. The molecule has 0 spiro atoms. The molecule has 0 unspecified atom stereocenters. The molecule has 0 saturated heterocycles. The number of hydrogen-bond donors (Lipinski definition) is 0. The molecule has 0 N–H and O–H groups in total. The van der Waals surface area contributed by atoms with E-state index in [1.54, 1.807) is 0 Å². The van der Waals surface area contributed by atoms with Gasteiger partial charge in [0.2, 0.25) is 0 Å². The second-order valence-corrected chi connectivity index (χ2v) is 5.61. The average Bonchev–Trinajstić information content (AvgIpc) is 2.49. The van der Waals surface area contributed by atoms with Crippen LogP contribution < -0.4 is 0 Å². The first-order valence-electron chi connectivity index (χ1n) is 9.02. The fraction of sp³-hybridized carbons (Fsp3) is 0.842. The van der Waals surface area contributed by atoms with Crippen molar-refractivity contribution in [2.24, 2.45) is 0 Å². The molecule has 2 nitrogen and oxygen atoms in total. The van der Waals surface area contributed by atoms with Crippen LogP contribution in [0.15, 0.2) is 12.7 Å². The molecular weight excluding hydrogens is 260 g/mol. The van der Waals surface area contributed by atoms with Gasteiger partial charge < -0.3 is 4.74 Å². The molecule has 0 radical (unpaired) electrons. The van der Waals surface area contributed by atoms with Crippen LogP contribution in [-0.4, -0.2) is 12.6 Å². The second kappa shape index (κ2) is 21.5. The summed E-state index contributed by atoms with van der Waals surface area (Å²) in [5.41, 5.74) is 0. The Morgan fingerprint density at radius 2 is 1.19 bits per heavy atom. The number of ether oxygens (including phenoxy) is 1. The lowest BCUT2D eigenvalue weighted by Gasteiger charge is -2.03. The number of carbonyl (C=O) groups excluding carboxylic acids is 1. The first kappa shape index (κ1) is 22.5. The van der Waals surface area contributed by atoms with Gasteiger partial charge in [0.15, 0.2) is 0 Å². The fourth-order valence-corrected chi connectivity index (χ4v) is 2.00. The van der Waals surface area contributed by atoms with Crippen LogP contribution in [0.4, 0.5) is 0 Å². The fourth-order valence-electron chi connectivity index (χ4n) is 2.00. The van der Waals surface area contributed by atoms with Gasteiger partial charge in [0.25, 0.3) is 0 Å². The summed E-state index contributed by atoms with van der Waals surface area (Å²) >= 11 is 0. The van der Waals surface area contributed by atoms with Gasteiger partial charge in [0.1, 0.15) is 0 Å². The van der Waals surface area contributed by atoms with Gasteiger partial charge >= 0.3 is 5.97 Å². The van der Waals surface area contributed by atoms with Crippen molar-refractivity contribution in [2.45, 2.75) is 97.8 Å². The van der Waals surface area contributed by atoms with Gasteiger partial charge in [0.05, 0.1) is 6.61 Å². The van der Waals surface area contributed by atoms with Crippen LogP contribution in [0, 0.1) is 0 Å². The largest absolute Gasteiger partial charge is 0.463 e. The Bertz CT molecular complexity index is 212. The third-order valence-electron chi connectivity index (χ3n) is 3.16. The molecule has 2 heteroatoms. The molecule has 0 bridgehead atoms. The van der Waals surface area contributed by atoms with Crippen molar-refractivity contribution in [1.82, 2.24) is 0 Å². The number of esters is 1. The topological polar surface area (TPSA) is 26.3 Å². The molecule has 0 amide bonds. The maximum absolute atomic E-state index is 10.8. The molecule has 0 aliphatic rings. The van der Waals surface area contributed by atoms with Crippen molar-refractivity contribution < 1.29 is 9.53 Å². The molecule has 0 aromatic heterocycles. The van der Waals surface area contributed by atoms with Crippen LogP contribution in [0.2, 0.25) is 0 Å². The molecule has 0 fully saturated rings. The number of unbranched alkanes of at least 4 members (excludes halogenated alkanes) is 10. The Morgan fingerprint density at radius 1 is 0.810 bits per heavy atom. The summed E-state index contributed by atoms with van der Waals surface area (Å²) in [6.07, 6.45) is 16.9. The Balaban J connectivity index is 0. The van der Waals surface area contributed by atoms with E-state index in [0.29, 0.717) is 6.61 Å². The normalized spacial score (nSPS) is 9.67. The monoisotopic (exact) mass is 298 g/mol. The SMILES string of the molecule is C=CC(=O)OCCCCCCCCCCCCC.CCC. The van der Waals surface area contributed by atoms with Crippen LogP contribution in [0.5, 0.6) is 0 Å². The van der Waals surface area contributed by atoms with Crippen molar-refractivity contribution in [1.29, 1.82) is 0 Å². The molecular formula is C19H38O2. The molecule has 21 heavy (non-hydrogen) atoms. The van der Waals surface area contributed by atoms with Crippen LogP contribution in [0.1, 0.15) is 97.8 Å². The smallest absolute Gasteiger partial charge is 0.330 e. The quantitative estimate of drug-likeness (QED) is 0.222. The van der Waals surface area contributed by atoms with E-state index in [4.69, 9.17) is 4.74 Å². The minimum Gasteiger partial charge on any atom is -0.463 e.